The zero-order valence-electron chi connectivity index (χ0n) is 12.4. The van der Waals surface area contributed by atoms with Crippen LogP contribution in [0.15, 0.2) is 12.1 Å². The van der Waals surface area contributed by atoms with E-state index in [9.17, 15) is 19.3 Å². The summed E-state index contributed by atoms with van der Waals surface area (Å²) in [4.78, 5) is 21.3. The highest BCUT2D eigenvalue weighted by Gasteiger charge is 2.17. The highest BCUT2D eigenvalue weighted by molar-refractivity contribution is 5.69. The average Bonchev–Trinajstić information content (AvgIpc) is 2.35. The predicted molar refractivity (Wildman–Crippen MR) is 78.6 cm³/mol. The molecular formula is C14H16FN3O4. The third-order valence-corrected chi connectivity index (χ3v) is 2.26. The van der Waals surface area contributed by atoms with Crippen LogP contribution in [0.25, 0.3) is 0 Å². The molecule has 3 N–H and O–H groups in total. The Balaban J connectivity index is 2.77. The minimum absolute atomic E-state index is 0.0160. The van der Waals surface area contributed by atoms with E-state index in [-0.39, 0.29) is 17.8 Å². The second-order valence-electron chi connectivity index (χ2n) is 5.30. The van der Waals surface area contributed by atoms with Gasteiger partial charge in [0, 0.05) is 0 Å². The number of anilines is 1. The number of hydrogen-bond acceptors (Lipinski definition) is 5. The molecular weight excluding hydrogens is 293 g/mol. The molecule has 1 aromatic rings. The zero-order chi connectivity index (χ0) is 16.9. The van der Waals surface area contributed by atoms with Crippen LogP contribution < -0.4 is 11.1 Å². The molecule has 0 aromatic heterocycles. The van der Waals surface area contributed by atoms with E-state index < -0.39 is 28.1 Å². The molecule has 0 unspecified atom stereocenters. The predicted octanol–water partition coefficient (Wildman–Crippen LogP) is 2.19. The number of nitrogen functional groups attached to an aromatic ring is 1. The van der Waals surface area contributed by atoms with Crippen molar-refractivity contribution in [1.82, 2.24) is 5.32 Å². The number of nitro benzene ring substituents is 1. The Morgan fingerprint density at radius 1 is 1.50 bits per heavy atom. The van der Waals surface area contributed by atoms with E-state index in [0.29, 0.717) is 0 Å². The van der Waals surface area contributed by atoms with Crippen molar-refractivity contribution in [1.29, 1.82) is 0 Å². The van der Waals surface area contributed by atoms with Crippen molar-refractivity contribution in [3.63, 3.8) is 0 Å². The Bertz CT molecular complexity index is 657. The number of alkyl carbamates (subject to hydrolysis) is 1. The molecule has 0 saturated carbocycles. The molecule has 8 heteroatoms. The lowest BCUT2D eigenvalue weighted by atomic mass is 10.1. The molecule has 0 fully saturated rings. The molecule has 0 saturated heterocycles. The molecule has 0 spiro atoms. The van der Waals surface area contributed by atoms with Gasteiger partial charge in [-0.15, -0.1) is 0 Å². The summed E-state index contributed by atoms with van der Waals surface area (Å²) < 4.78 is 18.3. The molecule has 0 aliphatic heterocycles. The first-order chi connectivity index (χ1) is 10.1. The smallest absolute Gasteiger partial charge is 0.408 e. The number of benzene rings is 1. The Labute approximate surface area is 126 Å². The van der Waals surface area contributed by atoms with E-state index >= 15 is 0 Å². The molecule has 1 aromatic carbocycles. The van der Waals surface area contributed by atoms with Crippen LogP contribution >= 0.6 is 0 Å². The largest absolute Gasteiger partial charge is 0.444 e. The third kappa shape index (κ3) is 5.28. The Kier molecular flexibility index (Phi) is 5.29. The summed E-state index contributed by atoms with van der Waals surface area (Å²) >= 11 is 0. The lowest BCUT2D eigenvalue weighted by Gasteiger charge is -2.19. The molecule has 22 heavy (non-hydrogen) atoms. The van der Waals surface area contributed by atoms with Crippen molar-refractivity contribution in [2.45, 2.75) is 26.4 Å². The molecule has 0 aliphatic carbocycles. The third-order valence-electron chi connectivity index (χ3n) is 2.26. The van der Waals surface area contributed by atoms with E-state index in [1.807, 2.05) is 0 Å². The van der Waals surface area contributed by atoms with Gasteiger partial charge in [0.15, 0.2) is 0 Å². The van der Waals surface area contributed by atoms with Gasteiger partial charge in [-0.25, -0.2) is 9.18 Å². The van der Waals surface area contributed by atoms with Gasteiger partial charge in [-0.05, 0) is 26.8 Å². The van der Waals surface area contributed by atoms with Crippen LogP contribution in [0.2, 0.25) is 0 Å². The number of hydrogen-bond donors (Lipinski definition) is 2. The fourth-order valence-corrected chi connectivity index (χ4v) is 1.43. The monoisotopic (exact) mass is 309 g/mol. The zero-order valence-corrected chi connectivity index (χ0v) is 12.4. The van der Waals surface area contributed by atoms with Crippen molar-refractivity contribution >= 4 is 17.5 Å². The maximum Gasteiger partial charge on any atom is 0.408 e. The number of rotatable bonds is 2. The van der Waals surface area contributed by atoms with E-state index in [0.717, 1.165) is 12.1 Å². The first-order valence-corrected chi connectivity index (χ1v) is 6.29. The first-order valence-electron chi connectivity index (χ1n) is 6.29. The molecule has 0 bridgehead atoms. The molecule has 1 amide bonds. The van der Waals surface area contributed by atoms with Crippen molar-refractivity contribution in [2.24, 2.45) is 0 Å². The quantitative estimate of drug-likeness (QED) is 0.377. The Morgan fingerprint density at radius 2 is 2.14 bits per heavy atom. The topological polar surface area (TPSA) is 107 Å². The molecule has 0 aliphatic rings. The van der Waals surface area contributed by atoms with Crippen LogP contribution in [0, 0.1) is 27.8 Å². The number of nitrogens with two attached hydrogens (primary N) is 1. The van der Waals surface area contributed by atoms with E-state index in [2.05, 4.69) is 17.2 Å². The van der Waals surface area contributed by atoms with Crippen LogP contribution in [-0.4, -0.2) is 23.2 Å². The number of nitro groups is 1. The summed E-state index contributed by atoms with van der Waals surface area (Å²) in [5.41, 5.74) is 4.13. The molecule has 118 valence electrons. The minimum atomic E-state index is -0.815. The average molecular weight is 309 g/mol. The summed E-state index contributed by atoms with van der Waals surface area (Å²) in [5.74, 6) is 4.18. The second kappa shape index (κ2) is 6.76. The summed E-state index contributed by atoms with van der Waals surface area (Å²) in [6.45, 7) is 5.07. The molecule has 7 nitrogen and oxygen atoms in total. The summed E-state index contributed by atoms with van der Waals surface area (Å²) in [6, 6.07) is 1.71. The second-order valence-corrected chi connectivity index (χ2v) is 5.30. The molecule has 0 radical (unpaired) electrons. The fourth-order valence-electron chi connectivity index (χ4n) is 1.43. The molecule has 0 heterocycles. The highest BCUT2D eigenvalue weighted by atomic mass is 19.1. The van der Waals surface area contributed by atoms with E-state index in [1.54, 1.807) is 20.8 Å². The van der Waals surface area contributed by atoms with Gasteiger partial charge in [0.1, 0.15) is 17.1 Å². The van der Waals surface area contributed by atoms with Crippen LogP contribution in [0.1, 0.15) is 26.3 Å². The number of amides is 1. The number of ether oxygens (including phenoxy) is 1. The number of carbonyl (C=O) groups is 1. The van der Waals surface area contributed by atoms with Crippen molar-refractivity contribution in [2.75, 3.05) is 12.3 Å². The number of halogens is 1. The fraction of sp³-hybridized carbons (Fsp3) is 0.357. The normalized spacial score (nSPS) is 10.4. The van der Waals surface area contributed by atoms with Gasteiger partial charge >= 0.3 is 6.09 Å². The Hall–Kier alpha value is -2.82. The van der Waals surface area contributed by atoms with Crippen LogP contribution in [0.5, 0.6) is 0 Å². The molecule has 0 atom stereocenters. The standard InChI is InChI=1S/C14H16FN3O4/c1-14(2,3)22-13(19)17-6-4-5-9-7-10(15)8-11(12(9)16)18(20)21/h7-8H,6,16H2,1-3H3,(H,17,19). The number of nitrogens with zero attached hydrogens (tertiary/aromatic N) is 1. The van der Waals surface area contributed by atoms with Gasteiger partial charge in [0.05, 0.1) is 23.1 Å². The summed E-state index contributed by atoms with van der Waals surface area (Å²) in [6.07, 6.45) is -0.653. The lowest BCUT2D eigenvalue weighted by molar-refractivity contribution is -0.384. The lowest BCUT2D eigenvalue weighted by Crippen LogP contribution is -2.32. The van der Waals surface area contributed by atoms with Crippen molar-refractivity contribution in [3.05, 3.63) is 33.6 Å². The summed E-state index contributed by atoms with van der Waals surface area (Å²) in [5, 5.41) is 13.1. The van der Waals surface area contributed by atoms with Crippen molar-refractivity contribution in [3.8, 4) is 11.8 Å². The SMILES string of the molecule is CC(C)(C)OC(=O)NCC#Cc1cc(F)cc([N+](=O)[O-])c1N. The van der Waals surface area contributed by atoms with Crippen LogP contribution in [-0.2, 0) is 4.74 Å². The maximum atomic E-state index is 13.3. The van der Waals surface area contributed by atoms with Gasteiger partial charge in [0.2, 0.25) is 0 Å². The van der Waals surface area contributed by atoms with Crippen LogP contribution in [0.4, 0.5) is 20.6 Å². The Morgan fingerprint density at radius 3 is 2.68 bits per heavy atom. The minimum Gasteiger partial charge on any atom is -0.444 e. The highest BCUT2D eigenvalue weighted by Crippen LogP contribution is 2.25. The van der Waals surface area contributed by atoms with E-state index in [4.69, 9.17) is 10.5 Å². The summed E-state index contributed by atoms with van der Waals surface area (Å²) in [7, 11) is 0. The number of nitrogens with one attached hydrogen (secondary N) is 1. The van der Waals surface area contributed by atoms with Gasteiger partial charge in [-0.1, -0.05) is 11.8 Å². The number of carbonyl (C=O) groups excluding carboxylic acids is 1. The maximum absolute atomic E-state index is 13.3. The van der Waals surface area contributed by atoms with Crippen LogP contribution in [0.3, 0.4) is 0 Å². The van der Waals surface area contributed by atoms with Crippen molar-refractivity contribution < 1.29 is 18.8 Å². The first kappa shape index (κ1) is 17.2. The van der Waals surface area contributed by atoms with Gasteiger partial charge in [-0.2, -0.15) is 0 Å². The van der Waals surface area contributed by atoms with Gasteiger partial charge < -0.3 is 15.8 Å². The van der Waals surface area contributed by atoms with Gasteiger partial charge in [-0.3, -0.25) is 10.1 Å². The van der Waals surface area contributed by atoms with E-state index in [1.165, 1.54) is 0 Å². The van der Waals surface area contributed by atoms with Gasteiger partial charge in [0.25, 0.3) is 5.69 Å². The molecule has 1 rings (SSSR count).